The number of rotatable bonds is 2. The molecule has 0 fully saturated rings. The number of carbonyl (C=O) groups excluding carboxylic acids is 1. The van der Waals surface area contributed by atoms with E-state index in [4.69, 9.17) is 11.6 Å². The number of nitrogens with zero attached hydrogens (tertiary/aromatic N) is 1. The lowest BCUT2D eigenvalue weighted by Gasteiger charge is -2.07. The molecule has 0 heterocycles. The molecule has 0 aromatic heterocycles. The number of nitrogens with two attached hydrogens (primary N) is 2. The van der Waals surface area contributed by atoms with Gasteiger partial charge >= 0.3 is 0 Å². The van der Waals surface area contributed by atoms with Crippen LogP contribution >= 0.6 is 0 Å². The topological polar surface area (TPSA) is 105 Å². The number of carbonyl (C=O) groups is 1. The lowest BCUT2D eigenvalue weighted by atomic mass is 10.1. The largest absolute Gasteiger partial charge is 0.543 e. The Morgan fingerprint density at radius 2 is 2.00 bits per heavy atom. The van der Waals surface area contributed by atoms with Crippen LogP contribution in [0.2, 0.25) is 0 Å². The van der Waals surface area contributed by atoms with Crippen LogP contribution in [0.25, 0.3) is 0 Å². The smallest absolute Gasteiger partial charge is 0.115 e. The van der Waals surface area contributed by atoms with Gasteiger partial charge in [-0.15, -0.1) is 0 Å². The van der Waals surface area contributed by atoms with Gasteiger partial charge in [-0.2, -0.15) is 5.10 Å². The molecule has 1 aromatic carbocycles. The SMILES string of the molecule is N/N=C(/C(=O)[O-])c1ccccc1N. The third-order valence-corrected chi connectivity index (χ3v) is 1.54. The summed E-state index contributed by atoms with van der Waals surface area (Å²) in [7, 11) is 0. The zero-order chi connectivity index (χ0) is 9.84. The maximum atomic E-state index is 10.5. The quantitative estimate of drug-likeness (QED) is 0.253. The molecule has 0 bridgehead atoms. The minimum atomic E-state index is -1.44. The molecular weight excluding hydrogens is 170 g/mol. The highest BCUT2D eigenvalue weighted by Gasteiger charge is 2.06. The fraction of sp³-hybridized carbons (Fsp3) is 0. The number of nitrogen functional groups attached to an aromatic ring is 1. The van der Waals surface area contributed by atoms with Crippen molar-refractivity contribution in [3.05, 3.63) is 29.8 Å². The molecule has 1 rings (SSSR count). The number of para-hydroxylation sites is 1. The highest BCUT2D eigenvalue weighted by atomic mass is 16.4. The van der Waals surface area contributed by atoms with E-state index in [1.54, 1.807) is 18.2 Å². The molecule has 68 valence electrons. The van der Waals surface area contributed by atoms with Crippen LogP contribution in [0.4, 0.5) is 5.69 Å². The summed E-state index contributed by atoms with van der Waals surface area (Å²) < 4.78 is 0. The van der Waals surface area contributed by atoms with Gasteiger partial charge in [0.2, 0.25) is 0 Å². The van der Waals surface area contributed by atoms with Gasteiger partial charge in [0.25, 0.3) is 0 Å². The predicted molar refractivity (Wildman–Crippen MR) is 46.6 cm³/mol. The first-order valence-corrected chi connectivity index (χ1v) is 3.51. The molecule has 0 spiro atoms. The van der Waals surface area contributed by atoms with Gasteiger partial charge in [-0.3, -0.25) is 0 Å². The zero-order valence-electron chi connectivity index (χ0n) is 6.73. The van der Waals surface area contributed by atoms with Crippen LogP contribution in [0.3, 0.4) is 0 Å². The Labute approximate surface area is 74.7 Å². The zero-order valence-corrected chi connectivity index (χ0v) is 6.73. The minimum absolute atomic E-state index is 0.269. The van der Waals surface area contributed by atoms with Crippen LogP contribution < -0.4 is 16.7 Å². The average molecular weight is 178 g/mol. The number of carboxylic acid groups (broad SMARTS) is 1. The van der Waals surface area contributed by atoms with Gasteiger partial charge < -0.3 is 21.5 Å². The molecule has 0 saturated carbocycles. The van der Waals surface area contributed by atoms with E-state index < -0.39 is 5.97 Å². The number of hydrazone groups is 1. The summed E-state index contributed by atoms with van der Waals surface area (Å²) in [5, 5.41) is 13.6. The molecule has 13 heavy (non-hydrogen) atoms. The summed E-state index contributed by atoms with van der Waals surface area (Å²) in [5.41, 5.74) is 5.73. The highest BCUT2D eigenvalue weighted by Crippen LogP contribution is 2.10. The molecule has 0 amide bonds. The van der Waals surface area contributed by atoms with Crippen molar-refractivity contribution < 1.29 is 9.90 Å². The van der Waals surface area contributed by atoms with Gasteiger partial charge in [-0.1, -0.05) is 18.2 Å². The van der Waals surface area contributed by atoms with E-state index in [0.29, 0.717) is 5.69 Å². The first-order chi connectivity index (χ1) is 6.16. The predicted octanol–water partition coefficient (Wildman–Crippen LogP) is -1.32. The summed E-state index contributed by atoms with van der Waals surface area (Å²) >= 11 is 0. The number of benzene rings is 1. The Hall–Kier alpha value is -2.04. The van der Waals surface area contributed by atoms with Crippen molar-refractivity contribution in [3.8, 4) is 0 Å². The molecule has 0 aliphatic heterocycles. The van der Waals surface area contributed by atoms with Gasteiger partial charge in [-0.05, 0) is 6.07 Å². The fourth-order valence-corrected chi connectivity index (χ4v) is 0.945. The van der Waals surface area contributed by atoms with Crippen LogP contribution in [-0.4, -0.2) is 11.7 Å². The van der Waals surface area contributed by atoms with Crippen LogP contribution in [0.1, 0.15) is 5.56 Å². The summed E-state index contributed by atoms with van der Waals surface area (Å²) in [6.07, 6.45) is 0. The lowest BCUT2D eigenvalue weighted by Crippen LogP contribution is -2.33. The van der Waals surface area contributed by atoms with Crippen molar-refractivity contribution in [2.24, 2.45) is 10.9 Å². The molecule has 0 aliphatic rings. The fourth-order valence-electron chi connectivity index (χ4n) is 0.945. The van der Waals surface area contributed by atoms with Gasteiger partial charge in [0.1, 0.15) is 5.71 Å². The summed E-state index contributed by atoms with van der Waals surface area (Å²) in [4.78, 5) is 10.5. The number of hydrogen-bond acceptors (Lipinski definition) is 5. The van der Waals surface area contributed by atoms with Gasteiger partial charge in [-0.25, -0.2) is 0 Å². The summed E-state index contributed by atoms with van der Waals surface area (Å²) in [6.45, 7) is 0. The Kier molecular flexibility index (Phi) is 2.49. The van der Waals surface area contributed by atoms with E-state index in [1.807, 2.05) is 0 Å². The van der Waals surface area contributed by atoms with Crippen molar-refractivity contribution in [1.29, 1.82) is 0 Å². The maximum Gasteiger partial charge on any atom is 0.115 e. The van der Waals surface area contributed by atoms with E-state index in [2.05, 4.69) is 5.10 Å². The molecule has 1 aromatic rings. The van der Waals surface area contributed by atoms with E-state index in [9.17, 15) is 9.90 Å². The van der Waals surface area contributed by atoms with E-state index in [1.165, 1.54) is 6.07 Å². The maximum absolute atomic E-state index is 10.5. The summed E-state index contributed by atoms with van der Waals surface area (Å²) in [5.74, 6) is 3.44. The van der Waals surface area contributed by atoms with Crippen LogP contribution in [0.5, 0.6) is 0 Å². The molecule has 0 unspecified atom stereocenters. The second-order valence-corrected chi connectivity index (χ2v) is 2.35. The third kappa shape index (κ3) is 1.76. The minimum Gasteiger partial charge on any atom is -0.543 e. The van der Waals surface area contributed by atoms with E-state index >= 15 is 0 Å². The highest BCUT2D eigenvalue weighted by molar-refractivity contribution is 6.42. The molecule has 0 aliphatic carbocycles. The van der Waals surface area contributed by atoms with Crippen molar-refractivity contribution in [3.63, 3.8) is 0 Å². The van der Waals surface area contributed by atoms with Gasteiger partial charge in [0.15, 0.2) is 0 Å². The van der Waals surface area contributed by atoms with Gasteiger partial charge in [0.05, 0.1) is 5.97 Å². The Morgan fingerprint density at radius 1 is 1.38 bits per heavy atom. The van der Waals surface area contributed by atoms with Crippen LogP contribution in [-0.2, 0) is 4.79 Å². The molecule has 0 atom stereocenters. The molecular formula is C8H8N3O2-. The Balaban J connectivity index is 3.21. The third-order valence-electron chi connectivity index (χ3n) is 1.54. The van der Waals surface area contributed by atoms with Crippen molar-refractivity contribution in [1.82, 2.24) is 0 Å². The first kappa shape index (κ1) is 9.05. The molecule has 4 N–H and O–H groups in total. The molecule has 0 saturated heterocycles. The molecule has 5 heteroatoms. The number of carboxylic acids is 1. The second-order valence-electron chi connectivity index (χ2n) is 2.35. The Bertz CT molecular complexity index is 360. The lowest BCUT2D eigenvalue weighted by molar-refractivity contribution is -0.294. The number of hydrogen-bond donors (Lipinski definition) is 2. The van der Waals surface area contributed by atoms with E-state index in [0.717, 1.165) is 0 Å². The van der Waals surface area contributed by atoms with Crippen LogP contribution in [0, 0.1) is 0 Å². The van der Waals surface area contributed by atoms with Crippen molar-refractivity contribution >= 4 is 17.4 Å². The standard InChI is InChI=1S/C8H9N3O2/c9-6-4-2-1-3-5(6)7(11-10)8(12)13/h1-4H,9-10H2,(H,12,13)/p-1/b11-7+. The monoisotopic (exact) mass is 178 g/mol. The average Bonchev–Trinajstić information content (AvgIpc) is 2.09. The second kappa shape index (κ2) is 3.57. The van der Waals surface area contributed by atoms with Crippen LogP contribution in [0.15, 0.2) is 29.4 Å². The van der Waals surface area contributed by atoms with Gasteiger partial charge in [0, 0.05) is 11.3 Å². The number of aliphatic carboxylic acids is 1. The normalized spacial score (nSPS) is 11.2. The molecule has 0 radical (unpaired) electrons. The van der Waals surface area contributed by atoms with Crippen molar-refractivity contribution in [2.75, 3.05) is 5.73 Å². The Morgan fingerprint density at radius 3 is 2.46 bits per heavy atom. The number of anilines is 1. The summed E-state index contributed by atoms with van der Waals surface area (Å²) in [6, 6.07) is 6.39. The van der Waals surface area contributed by atoms with E-state index in [-0.39, 0.29) is 11.3 Å². The first-order valence-electron chi connectivity index (χ1n) is 3.51. The molecule has 5 nitrogen and oxygen atoms in total. The van der Waals surface area contributed by atoms with Crippen molar-refractivity contribution in [2.45, 2.75) is 0 Å².